The highest BCUT2D eigenvalue weighted by Gasteiger charge is 1.89. The third kappa shape index (κ3) is 12.6. The van der Waals surface area contributed by atoms with Crippen LogP contribution >= 0.6 is 23.2 Å². The Hall–Kier alpha value is -0.200. The quantitative estimate of drug-likeness (QED) is 0.435. The summed E-state index contributed by atoms with van der Waals surface area (Å²) in [7, 11) is 0. The van der Waals surface area contributed by atoms with Crippen LogP contribution < -0.4 is 0 Å². The molecule has 19 heavy (non-hydrogen) atoms. The molecule has 0 amide bonds. The standard InChI is InChI=1S/C11H24.C6H4Cl2/c1-3-5-7-9-11-10-8-6-4-2;7-5-3-1-2-4-6(5)8/h3-11H2,1-2H3;1-4H. The predicted molar refractivity (Wildman–Crippen MR) is 89.4 cm³/mol. The van der Waals surface area contributed by atoms with E-state index in [0.717, 1.165) is 0 Å². The maximum absolute atomic E-state index is 5.58. The van der Waals surface area contributed by atoms with Crippen molar-refractivity contribution in [2.45, 2.75) is 71.6 Å². The molecule has 0 bridgehead atoms. The van der Waals surface area contributed by atoms with Crippen molar-refractivity contribution in [1.29, 1.82) is 0 Å². The third-order valence-electron chi connectivity index (χ3n) is 3.03. The second-order valence-electron chi connectivity index (χ2n) is 4.89. The zero-order valence-corrected chi connectivity index (χ0v) is 13.9. The van der Waals surface area contributed by atoms with Gasteiger partial charge in [0, 0.05) is 0 Å². The minimum Gasteiger partial charge on any atom is -0.0827 e. The van der Waals surface area contributed by atoms with Gasteiger partial charge in [0.25, 0.3) is 0 Å². The number of unbranched alkanes of at least 4 members (excludes halogenated alkanes) is 8. The summed E-state index contributed by atoms with van der Waals surface area (Å²) in [6.07, 6.45) is 13.0. The van der Waals surface area contributed by atoms with E-state index in [9.17, 15) is 0 Å². The first-order valence-corrected chi connectivity index (χ1v) is 8.38. The molecule has 1 aromatic carbocycles. The Morgan fingerprint density at radius 1 is 0.632 bits per heavy atom. The van der Waals surface area contributed by atoms with E-state index in [1.54, 1.807) is 12.1 Å². The van der Waals surface area contributed by atoms with Gasteiger partial charge in [0.2, 0.25) is 0 Å². The van der Waals surface area contributed by atoms with Crippen LogP contribution in [0.15, 0.2) is 24.3 Å². The molecular weight excluding hydrogens is 275 g/mol. The maximum Gasteiger partial charge on any atom is 0.0592 e. The fourth-order valence-corrected chi connectivity index (χ4v) is 2.09. The molecule has 110 valence electrons. The lowest BCUT2D eigenvalue weighted by Crippen LogP contribution is -1.79. The third-order valence-corrected chi connectivity index (χ3v) is 3.79. The largest absolute Gasteiger partial charge is 0.0827 e. The molecule has 0 aliphatic rings. The highest BCUT2D eigenvalue weighted by Crippen LogP contribution is 2.19. The zero-order valence-electron chi connectivity index (χ0n) is 12.4. The lowest BCUT2D eigenvalue weighted by Gasteiger charge is -1.98. The summed E-state index contributed by atoms with van der Waals surface area (Å²) in [6, 6.07) is 7.19. The summed E-state index contributed by atoms with van der Waals surface area (Å²) in [5.41, 5.74) is 0. The van der Waals surface area contributed by atoms with E-state index in [1.807, 2.05) is 12.1 Å². The Kier molecular flexibility index (Phi) is 14.1. The molecule has 0 nitrogen and oxygen atoms in total. The second-order valence-corrected chi connectivity index (χ2v) is 5.70. The SMILES string of the molecule is CCCCCCCCCCC.Clc1ccccc1Cl. The summed E-state index contributed by atoms with van der Waals surface area (Å²) < 4.78 is 0. The average Bonchev–Trinajstić information content (AvgIpc) is 2.42. The van der Waals surface area contributed by atoms with Crippen LogP contribution in [0.4, 0.5) is 0 Å². The van der Waals surface area contributed by atoms with Crippen molar-refractivity contribution < 1.29 is 0 Å². The number of halogens is 2. The van der Waals surface area contributed by atoms with Crippen LogP contribution in [0.2, 0.25) is 10.0 Å². The smallest absolute Gasteiger partial charge is 0.0592 e. The van der Waals surface area contributed by atoms with Crippen molar-refractivity contribution in [3.05, 3.63) is 34.3 Å². The van der Waals surface area contributed by atoms with Crippen LogP contribution in [0.5, 0.6) is 0 Å². The van der Waals surface area contributed by atoms with Crippen LogP contribution in [0.1, 0.15) is 71.6 Å². The number of hydrogen-bond acceptors (Lipinski definition) is 0. The molecule has 0 unspecified atom stereocenters. The minimum absolute atomic E-state index is 0.606. The van der Waals surface area contributed by atoms with Crippen LogP contribution in [0, 0.1) is 0 Å². The lowest BCUT2D eigenvalue weighted by molar-refractivity contribution is 0.572. The fraction of sp³-hybridized carbons (Fsp3) is 0.647. The summed E-state index contributed by atoms with van der Waals surface area (Å²) in [6.45, 7) is 4.55. The molecule has 2 heteroatoms. The second kappa shape index (κ2) is 14.2. The molecule has 0 fully saturated rings. The Morgan fingerprint density at radius 3 is 1.21 bits per heavy atom. The molecule has 0 aliphatic heterocycles. The minimum atomic E-state index is 0.606. The van der Waals surface area contributed by atoms with Crippen molar-refractivity contribution in [1.82, 2.24) is 0 Å². The van der Waals surface area contributed by atoms with Gasteiger partial charge in [-0.15, -0.1) is 0 Å². The number of rotatable bonds is 8. The van der Waals surface area contributed by atoms with E-state index in [0.29, 0.717) is 10.0 Å². The van der Waals surface area contributed by atoms with Gasteiger partial charge in [-0.1, -0.05) is 107 Å². The van der Waals surface area contributed by atoms with Gasteiger partial charge < -0.3 is 0 Å². The molecule has 1 aromatic rings. The maximum atomic E-state index is 5.58. The van der Waals surface area contributed by atoms with Gasteiger partial charge in [0.1, 0.15) is 0 Å². The normalized spacial score (nSPS) is 9.89. The molecule has 0 atom stereocenters. The van der Waals surface area contributed by atoms with Gasteiger partial charge in [-0.25, -0.2) is 0 Å². The highest BCUT2D eigenvalue weighted by molar-refractivity contribution is 6.41. The topological polar surface area (TPSA) is 0 Å². The molecular formula is C17H28Cl2. The molecule has 1 rings (SSSR count). The molecule has 0 aliphatic carbocycles. The number of hydrogen-bond donors (Lipinski definition) is 0. The molecule has 0 heterocycles. The van der Waals surface area contributed by atoms with E-state index in [2.05, 4.69) is 13.8 Å². The summed E-state index contributed by atoms with van der Waals surface area (Å²) >= 11 is 11.2. The monoisotopic (exact) mass is 302 g/mol. The van der Waals surface area contributed by atoms with E-state index >= 15 is 0 Å². The van der Waals surface area contributed by atoms with Gasteiger partial charge in [0.15, 0.2) is 0 Å². The Balaban J connectivity index is 0.000000356. The summed E-state index contributed by atoms with van der Waals surface area (Å²) in [4.78, 5) is 0. The van der Waals surface area contributed by atoms with E-state index in [-0.39, 0.29) is 0 Å². The summed E-state index contributed by atoms with van der Waals surface area (Å²) in [5, 5.41) is 1.21. The zero-order chi connectivity index (χ0) is 14.3. The van der Waals surface area contributed by atoms with E-state index < -0.39 is 0 Å². The van der Waals surface area contributed by atoms with Crippen molar-refractivity contribution >= 4 is 23.2 Å². The first kappa shape index (κ1) is 18.8. The van der Waals surface area contributed by atoms with Crippen LogP contribution in [0.3, 0.4) is 0 Å². The lowest BCUT2D eigenvalue weighted by atomic mass is 10.1. The van der Waals surface area contributed by atoms with Crippen LogP contribution in [-0.2, 0) is 0 Å². The molecule has 0 saturated carbocycles. The molecule has 0 aromatic heterocycles. The van der Waals surface area contributed by atoms with Crippen molar-refractivity contribution in [3.8, 4) is 0 Å². The van der Waals surface area contributed by atoms with Gasteiger partial charge in [-0.2, -0.15) is 0 Å². The molecule has 0 spiro atoms. The van der Waals surface area contributed by atoms with Crippen LogP contribution in [-0.4, -0.2) is 0 Å². The van der Waals surface area contributed by atoms with Gasteiger partial charge in [-0.3, -0.25) is 0 Å². The highest BCUT2D eigenvalue weighted by atomic mass is 35.5. The summed E-state index contributed by atoms with van der Waals surface area (Å²) in [5.74, 6) is 0. The van der Waals surface area contributed by atoms with E-state index in [1.165, 1.54) is 57.8 Å². The predicted octanol–water partition coefficient (Wildman–Crippen LogP) is 7.53. The first-order chi connectivity index (χ1) is 9.22. The van der Waals surface area contributed by atoms with Gasteiger partial charge >= 0.3 is 0 Å². The molecule has 0 saturated heterocycles. The van der Waals surface area contributed by atoms with Crippen LogP contribution in [0.25, 0.3) is 0 Å². The number of benzene rings is 1. The van der Waals surface area contributed by atoms with Gasteiger partial charge in [-0.05, 0) is 12.1 Å². The average molecular weight is 303 g/mol. The Labute approximate surface area is 129 Å². The Bertz CT molecular complexity index is 268. The van der Waals surface area contributed by atoms with Crippen molar-refractivity contribution in [2.75, 3.05) is 0 Å². The van der Waals surface area contributed by atoms with E-state index in [4.69, 9.17) is 23.2 Å². The Morgan fingerprint density at radius 2 is 0.947 bits per heavy atom. The first-order valence-electron chi connectivity index (χ1n) is 7.62. The molecule has 0 N–H and O–H groups in total. The van der Waals surface area contributed by atoms with Crippen molar-refractivity contribution in [3.63, 3.8) is 0 Å². The fourth-order valence-electron chi connectivity index (χ4n) is 1.82. The van der Waals surface area contributed by atoms with Crippen molar-refractivity contribution in [2.24, 2.45) is 0 Å². The van der Waals surface area contributed by atoms with Gasteiger partial charge in [0.05, 0.1) is 10.0 Å². The molecule has 0 radical (unpaired) electrons.